The third kappa shape index (κ3) is 2.76. The fourth-order valence-electron chi connectivity index (χ4n) is 1.29. The molecule has 1 aromatic heterocycles. The molecule has 0 atom stereocenters. The molecule has 1 aromatic rings. The molecule has 0 aliphatic rings. The Balaban J connectivity index is 3.04. The van der Waals surface area contributed by atoms with E-state index in [9.17, 15) is 4.39 Å². The van der Waals surface area contributed by atoms with Gasteiger partial charge in [-0.3, -0.25) is 0 Å². The van der Waals surface area contributed by atoms with Gasteiger partial charge in [0.05, 0.1) is 12.8 Å². The second kappa shape index (κ2) is 4.88. The molecule has 0 unspecified atom stereocenters. The smallest absolute Gasteiger partial charge is 0.222 e. The van der Waals surface area contributed by atoms with Gasteiger partial charge < -0.3 is 15.7 Å². The van der Waals surface area contributed by atoms with Crippen LogP contribution in [0.5, 0.6) is 0 Å². The fraction of sp³-hybridized carbons (Fsp3) is 0.556. The molecule has 1 rings (SSSR count). The minimum Gasteiger partial charge on any atom is -0.395 e. The fourth-order valence-corrected chi connectivity index (χ4v) is 1.29. The number of nitrogen functional groups attached to an aromatic ring is 1. The van der Waals surface area contributed by atoms with Crippen molar-refractivity contribution in [1.29, 1.82) is 0 Å². The zero-order valence-corrected chi connectivity index (χ0v) is 8.81. The Bertz CT molecular complexity index is 332. The number of nitrogens with two attached hydrogens (primary N) is 1. The molecule has 84 valence electrons. The van der Waals surface area contributed by atoms with Crippen molar-refractivity contribution in [1.82, 2.24) is 9.97 Å². The molecule has 6 heteroatoms. The topological polar surface area (TPSA) is 75.3 Å². The number of anilines is 2. The van der Waals surface area contributed by atoms with E-state index in [1.54, 1.807) is 4.90 Å². The summed E-state index contributed by atoms with van der Waals surface area (Å²) in [5.74, 6) is -0.382. The summed E-state index contributed by atoms with van der Waals surface area (Å²) in [6.07, 6.45) is 1.03. The van der Waals surface area contributed by atoms with Gasteiger partial charge in [-0.15, -0.1) is 0 Å². The van der Waals surface area contributed by atoms with Crippen molar-refractivity contribution in [2.45, 2.75) is 19.9 Å². The monoisotopic (exact) mass is 214 g/mol. The van der Waals surface area contributed by atoms with Gasteiger partial charge in [0.15, 0.2) is 11.6 Å². The summed E-state index contributed by atoms with van der Waals surface area (Å²) in [7, 11) is 0. The molecule has 0 saturated carbocycles. The highest BCUT2D eigenvalue weighted by Gasteiger charge is 2.16. The highest BCUT2D eigenvalue weighted by atomic mass is 19.1. The minimum atomic E-state index is -0.536. The molecular formula is C9H15FN4O. The summed E-state index contributed by atoms with van der Waals surface area (Å²) < 4.78 is 13.4. The lowest BCUT2D eigenvalue weighted by atomic mass is 10.3. The van der Waals surface area contributed by atoms with Crippen molar-refractivity contribution < 1.29 is 9.50 Å². The zero-order chi connectivity index (χ0) is 11.4. The van der Waals surface area contributed by atoms with Gasteiger partial charge in [0.2, 0.25) is 5.95 Å². The Labute approximate surface area is 87.8 Å². The van der Waals surface area contributed by atoms with Crippen LogP contribution in [0.25, 0.3) is 0 Å². The van der Waals surface area contributed by atoms with E-state index in [0.29, 0.717) is 6.54 Å². The molecule has 15 heavy (non-hydrogen) atoms. The van der Waals surface area contributed by atoms with E-state index in [0.717, 1.165) is 6.20 Å². The average Bonchev–Trinajstić information content (AvgIpc) is 2.18. The molecule has 0 fully saturated rings. The minimum absolute atomic E-state index is 0.0231. The second-order valence-corrected chi connectivity index (χ2v) is 3.41. The van der Waals surface area contributed by atoms with E-state index in [-0.39, 0.29) is 24.4 Å². The molecule has 0 saturated heterocycles. The maximum atomic E-state index is 13.4. The van der Waals surface area contributed by atoms with Gasteiger partial charge in [0, 0.05) is 12.6 Å². The van der Waals surface area contributed by atoms with Crippen molar-refractivity contribution in [3.8, 4) is 0 Å². The van der Waals surface area contributed by atoms with Crippen LogP contribution in [-0.4, -0.2) is 34.3 Å². The Morgan fingerprint density at radius 3 is 2.80 bits per heavy atom. The first-order valence-corrected chi connectivity index (χ1v) is 4.71. The SMILES string of the molecule is CC(C)N(CCO)c1nc(N)ncc1F. The van der Waals surface area contributed by atoms with E-state index in [1.807, 2.05) is 13.8 Å². The van der Waals surface area contributed by atoms with Gasteiger partial charge in [0.25, 0.3) is 0 Å². The van der Waals surface area contributed by atoms with Gasteiger partial charge >= 0.3 is 0 Å². The summed E-state index contributed by atoms with van der Waals surface area (Å²) in [5.41, 5.74) is 5.38. The lowest BCUT2D eigenvalue weighted by Gasteiger charge is -2.27. The lowest BCUT2D eigenvalue weighted by Crippen LogP contribution is -2.35. The standard InChI is InChI=1S/C9H15FN4O/c1-6(2)14(3-4-15)8-7(10)5-12-9(11)13-8/h5-6,15H,3-4H2,1-2H3,(H2,11,12,13). The first-order valence-electron chi connectivity index (χ1n) is 4.71. The normalized spacial score (nSPS) is 10.7. The first kappa shape index (κ1) is 11.6. The molecule has 3 N–H and O–H groups in total. The van der Waals surface area contributed by atoms with Crippen LogP contribution in [0.3, 0.4) is 0 Å². The van der Waals surface area contributed by atoms with Crippen LogP contribution >= 0.6 is 0 Å². The van der Waals surface area contributed by atoms with E-state index >= 15 is 0 Å². The number of nitrogens with zero attached hydrogens (tertiary/aromatic N) is 3. The van der Waals surface area contributed by atoms with Gasteiger partial charge in [-0.1, -0.05) is 0 Å². The number of aliphatic hydroxyl groups is 1. The number of halogens is 1. The summed E-state index contributed by atoms with van der Waals surface area (Å²) in [6, 6.07) is 0.0287. The summed E-state index contributed by atoms with van der Waals surface area (Å²) in [5, 5.41) is 8.87. The van der Waals surface area contributed by atoms with E-state index in [2.05, 4.69) is 9.97 Å². The Kier molecular flexibility index (Phi) is 3.79. The van der Waals surface area contributed by atoms with Crippen molar-refractivity contribution in [2.75, 3.05) is 23.8 Å². The third-order valence-corrected chi connectivity index (χ3v) is 1.98. The number of hydrogen-bond acceptors (Lipinski definition) is 5. The van der Waals surface area contributed by atoms with Crippen LogP contribution in [0.1, 0.15) is 13.8 Å². The number of rotatable bonds is 4. The predicted molar refractivity (Wildman–Crippen MR) is 56.0 cm³/mol. The molecular weight excluding hydrogens is 199 g/mol. The zero-order valence-electron chi connectivity index (χ0n) is 8.81. The summed E-state index contributed by atoms with van der Waals surface area (Å²) in [4.78, 5) is 9.00. The largest absolute Gasteiger partial charge is 0.395 e. The van der Waals surface area contributed by atoms with Crippen molar-refractivity contribution >= 4 is 11.8 Å². The maximum Gasteiger partial charge on any atom is 0.222 e. The van der Waals surface area contributed by atoms with Gasteiger partial charge in [-0.05, 0) is 13.8 Å². The number of aliphatic hydroxyl groups excluding tert-OH is 1. The molecule has 5 nitrogen and oxygen atoms in total. The van der Waals surface area contributed by atoms with Crippen LogP contribution in [0.2, 0.25) is 0 Å². The van der Waals surface area contributed by atoms with Crippen LogP contribution in [0, 0.1) is 5.82 Å². The molecule has 0 amide bonds. The maximum absolute atomic E-state index is 13.4. The van der Waals surface area contributed by atoms with E-state index < -0.39 is 5.82 Å². The molecule has 0 radical (unpaired) electrons. The molecule has 0 spiro atoms. The van der Waals surface area contributed by atoms with E-state index in [1.165, 1.54) is 0 Å². The molecule has 0 aromatic carbocycles. The van der Waals surface area contributed by atoms with Gasteiger partial charge in [-0.25, -0.2) is 9.37 Å². The summed E-state index contributed by atoms with van der Waals surface area (Å²) in [6.45, 7) is 4.01. The van der Waals surface area contributed by atoms with Crippen molar-refractivity contribution in [3.63, 3.8) is 0 Å². The number of aromatic nitrogens is 2. The molecule has 0 aliphatic carbocycles. The number of hydrogen-bond donors (Lipinski definition) is 2. The predicted octanol–water partition coefficient (Wildman–Crippen LogP) is 0.405. The first-order chi connectivity index (χ1) is 7.06. The van der Waals surface area contributed by atoms with Crippen LogP contribution < -0.4 is 10.6 Å². The Morgan fingerprint density at radius 2 is 2.27 bits per heavy atom. The van der Waals surface area contributed by atoms with Crippen molar-refractivity contribution in [3.05, 3.63) is 12.0 Å². The van der Waals surface area contributed by atoms with Crippen LogP contribution in [0.4, 0.5) is 16.2 Å². The van der Waals surface area contributed by atoms with E-state index in [4.69, 9.17) is 10.8 Å². The van der Waals surface area contributed by atoms with Crippen LogP contribution in [0.15, 0.2) is 6.20 Å². The third-order valence-electron chi connectivity index (χ3n) is 1.98. The van der Waals surface area contributed by atoms with Gasteiger partial charge in [-0.2, -0.15) is 4.98 Å². The lowest BCUT2D eigenvalue weighted by molar-refractivity contribution is 0.298. The highest BCUT2D eigenvalue weighted by molar-refractivity contribution is 5.43. The average molecular weight is 214 g/mol. The van der Waals surface area contributed by atoms with Crippen molar-refractivity contribution in [2.24, 2.45) is 0 Å². The molecule has 0 bridgehead atoms. The highest BCUT2D eigenvalue weighted by Crippen LogP contribution is 2.18. The second-order valence-electron chi connectivity index (χ2n) is 3.41. The Hall–Kier alpha value is -1.43. The Morgan fingerprint density at radius 1 is 1.60 bits per heavy atom. The van der Waals surface area contributed by atoms with Gasteiger partial charge in [0.1, 0.15) is 0 Å². The molecule has 1 heterocycles. The van der Waals surface area contributed by atoms with Crippen LogP contribution in [-0.2, 0) is 0 Å². The summed E-state index contributed by atoms with van der Waals surface area (Å²) >= 11 is 0. The molecule has 0 aliphatic heterocycles. The quantitative estimate of drug-likeness (QED) is 0.759.